The molecule has 5 heteroatoms. The number of nitrogens with one attached hydrogen (secondary N) is 1. The van der Waals surface area contributed by atoms with Gasteiger partial charge in [0.25, 0.3) is 0 Å². The van der Waals surface area contributed by atoms with E-state index in [9.17, 15) is 4.79 Å². The zero-order chi connectivity index (χ0) is 16.5. The highest BCUT2D eigenvalue weighted by atomic mass is 35.5. The van der Waals surface area contributed by atoms with E-state index >= 15 is 0 Å². The first kappa shape index (κ1) is 17.0. The molecule has 0 heterocycles. The third kappa shape index (κ3) is 6.12. The Morgan fingerprint density at radius 1 is 1.26 bits per heavy atom. The number of amides is 1. The van der Waals surface area contributed by atoms with Crippen LogP contribution in [0.15, 0.2) is 53.6 Å². The Balaban J connectivity index is 1.85. The number of ether oxygens (including phenoxy) is 1. The molecule has 0 saturated heterocycles. The third-order valence-electron chi connectivity index (χ3n) is 3.01. The molecule has 120 valence electrons. The van der Waals surface area contributed by atoms with E-state index in [0.717, 1.165) is 23.3 Å². The van der Waals surface area contributed by atoms with Crippen LogP contribution in [-0.2, 0) is 11.2 Å². The van der Waals surface area contributed by atoms with Crippen molar-refractivity contribution in [2.45, 2.75) is 19.8 Å². The first-order chi connectivity index (χ1) is 11.2. The summed E-state index contributed by atoms with van der Waals surface area (Å²) in [6.45, 7) is 2.74. The van der Waals surface area contributed by atoms with Gasteiger partial charge in [-0.3, -0.25) is 4.79 Å². The van der Waals surface area contributed by atoms with Crippen LogP contribution < -0.4 is 10.2 Å². The molecular weight excluding hydrogens is 312 g/mol. The molecule has 2 rings (SSSR count). The van der Waals surface area contributed by atoms with Crippen LogP contribution in [0.1, 0.15) is 24.5 Å². The molecule has 0 bridgehead atoms. The predicted molar refractivity (Wildman–Crippen MR) is 93.1 cm³/mol. The summed E-state index contributed by atoms with van der Waals surface area (Å²) in [6.07, 6.45) is 2.81. The molecule has 2 aromatic rings. The zero-order valence-electron chi connectivity index (χ0n) is 13.0. The fourth-order valence-corrected chi connectivity index (χ4v) is 2.04. The van der Waals surface area contributed by atoms with E-state index in [0.29, 0.717) is 11.6 Å². The second-order valence-electron chi connectivity index (χ2n) is 5.02. The van der Waals surface area contributed by atoms with Crippen LogP contribution in [-0.4, -0.2) is 18.7 Å². The predicted octanol–water partition coefficient (Wildman–Crippen LogP) is 3.82. The van der Waals surface area contributed by atoms with Gasteiger partial charge in [-0.2, -0.15) is 5.10 Å². The Hall–Kier alpha value is -2.33. The number of rotatable bonds is 7. The van der Waals surface area contributed by atoms with Crippen molar-refractivity contribution in [2.24, 2.45) is 5.10 Å². The molecule has 4 nitrogen and oxygen atoms in total. The Bertz CT molecular complexity index is 669. The second-order valence-corrected chi connectivity index (χ2v) is 5.45. The van der Waals surface area contributed by atoms with Crippen LogP contribution in [0.3, 0.4) is 0 Å². The van der Waals surface area contributed by atoms with E-state index in [1.54, 1.807) is 18.3 Å². The van der Waals surface area contributed by atoms with E-state index in [1.807, 2.05) is 36.4 Å². The topological polar surface area (TPSA) is 50.7 Å². The van der Waals surface area contributed by atoms with Crippen LogP contribution >= 0.6 is 11.6 Å². The van der Waals surface area contributed by atoms with Crippen molar-refractivity contribution < 1.29 is 9.53 Å². The molecule has 2 aromatic carbocycles. The molecule has 23 heavy (non-hydrogen) atoms. The summed E-state index contributed by atoms with van der Waals surface area (Å²) >= 11 is 5.81. The van der Waals surface area contributed by atoms with Crippen molar-refractivity contribution in [1.29, 1.82) is 0 Å². The average molecular weight is 331 g/mol. The Morgan fingerprint density at radius 3 is 2.78 bits per heavy atom. The van der Waals surface area contributed by atoms with Gasteiger partial charge in [0.05, 0.1) is 19.2 Å². The lowest BCUT2D eigenvalue weighted by Gasteiger charge is -2.04. The number of carbonyl (C=O) groups excluding carboxylic acids is 1. The van der Waals surface area contributed by atoms with Gasteiger partial charge in [-0.25, -0.2) is 5.43 Å². The fraction of sp³-hybridized carbons (Fsp3) is 0.222. The molecule has 0 fully saturated rings. The molecule has 0 aliphatic rings. The summed E-state index contributed by atoms with van der Waals surface area (Å²) in [4.78, 5) is 11.8. The van der Waals surface area contributed by atoms with Crippen LogP contribution in [0.25, 0.3) is 0 Å². The summed E-state index contributed by atoms with van der Waals surface area (Å²) in [6, 6.07) is 14.7. The van der Waals surface area contributed by atoms with Gasteiger partial charge in [0.15, 0.2) is 0 Å². The van der Waals surface area contributed by atoms with Gasteiger partial charge in [-0.15, -0.1) is 0 Å². The van der Waals surface area contributed by atoms with Gasteiger partial charge >= 0.3 is 0 Å². The highest BCUT2D eigenvalue weighted by Crippen LogP contribution is 2.12. The number of hydrogen-bond acceptors (Lipinski definition) is 3. The van der Waals surface area contributed by atoms with Crippen LogP contribution in [0, 0.1) is 0 Å². The number of benzene rings is 2. The number of hydrogen-bond donors (Lipinski definition) is 1. The monoisotopic (exact) mass is 330 g/mol. The maximum absolute atomic E-state index is 11.8. The van der Waals surface area contributed by atoms with E-state index in [4.69, 9.17) is 16.3 Å². The van der Waals surface area contributed by atoms with Crippen LogP contribution in [0.5, 0.6) is 5.75 Å². The molecule has 0 atom stereocenters. The number of carbonyl (C=O) groups is 1. The summed E-state index contributed by atoms with van der Waals surface area (Å²) in [5.74, 6) is 0.616. The summed E-state index contributed by atoms with van der Waals surface area (Å²) < 4.78 is 5.55. The molecule has 0 aliphatic heterocycles. The van der Waals surface area contributed by atoms with Gasteiger partial charge in [0.2, 0.25) is 5.91 Å². The quantitative estimate of drug-likeness (QED) is 0.619. The molecule has 0 saturated carbocycles. The molecule has 1 amide bonds. The van der Waals surface area contributed by atoms with E-state index in [-0.39, 0.29) is 12.3 Å². The van der Waals surface area contributed by atoms with Crippen molar-refractivity contribution in [3.05, 3.63) is 64.7 Å². The van der Waals surface area contributed by atoms with Crippen LogP contribution in [0.2, 0.25) is 5.02 Å². The van der Waals surface area contributed by atoms with E-state index in [1.165, 1.54) is 0 Å². The van der Waals surface area contributed by atoms with Crippen molar-refractivity contribution in [2.75, 3.05) is 6.61 Å². The summed E-state index contributed by atoms with van der Waals surface area (Å²) in [5.41, 5.74) is 4.27. The maximum Gasteiger partial charge on any atom is 0.244 e. The Morgan fingerprint density at radius 2 is 2.04 bits per heavy atom. The van der Waals surface area contributed by atoms with Gasteiger partial charge in [-0.1, -0.05) is 42.8 Å². The van der Waals surface area contributed by atoms with Crippen molar-refractivity contribution in [3.63, 3.8) is 0 Å². The van der Waals surface area contributed by atoms with Gasteiger partial charge in [0.1, 0.15) is 5.75 Å². The minimum atomic E-state index is -0.179. The average Bonchev–Trinajstić information content (AvgIpc) is 2.55. The molecular formula is C18H19ClN2O2. The lowest BCUT2D eigenvalue weighted by molar-refractivity contribution is -0.120. The molecule has 0 radical (unpaired) electrons. The zero-order valence-corrected chi connectivity index (χ0v) is 13.7. The molecule has 0 spiro atoms. The lowest BCUT2D eigenvalue weighted by Crippen LogP contribution is -2.19. The highest BCUT2D eigenvalue weighted by Gasteiger charge is 2.02. The maximum atomic E-state index is 11.8. The number of halogens is 1. The minimum absolute atomic E-state index is 0.179. The van der Waals surface area contributed by atoms with Gasteiger partial charge in [-0.05, 0) is 41.8 Å². The molecule has 1 N–H and O–H groups in total. The van der Waals surface area contributed by atoms with Gasteiger partial charge in [0, 0.05) is 5.02 Å². The third-order valence-corrected chi connectivity index (χ3v) is 3.26. The smallest absolute Gasteiger partial charge is 0.244 e. The van der Waals surface area contributed by atoms with E-state index < -0.39 is 0 Å². The Labute approximate surface area is 141 Å². The highest BCUT2D eigenvalue weighted by molar-refractivity contribution is 6.30. The lowest BCUT2D eigenvalue weighted by atomic mass is 10.1. The Kier molecular flexibility index (Phi) is 6.63. The summed E-state index contributed by atoms with van der Waals surface area (Å²) in [5, 5.41) is 4.62. The largest absolute Gasteiger partial charge is 0.494 e. The molecule has 0 aliphatic carbocycles. The van der Waals surface area contributed by atoms with Crippen molar-refractivity contribution in [3.8, 4) is 5.75 Å². The normalized spacial score (nSPS) is 10.7. The van der Waals surface area contributed by atoms with Crippen molar-refractivity contribution >= 4 is 23.7 Å². The van der Waals surface area contributed by atoms with E-state index in [2.05, 4.69) is 17.5 Å². The number of nitrogens with zero attached hydrogens (tertiary/aromatic N) is 1. The SMILES string of the molecule is CCCOc1cccc(/C=N\NC(=O)Cc2ccc(Cl)cc2)c1. The standard InChI is InChI=1S/C18H19ClN2O2/c1-2-10-23-17-5-3-4-15(11-17)13-20-21-18(22)12-14-6-8-16(19)9-7-14/h3-9,11,13H,2,10,12H2,1H3,(H,21,22)/b20-13-. The minimum Gasteiger partial charge on any atom is -0.494 e. The summed E-state index contributed by atoms with van der Waals surface area (Å²) in [7, 11) is 0. The molecule has 0 unspecified atom stereocenters. The first-order valence-corrected chi connectivity index (χ1v) is 7.84. The first-order valence-electron chi connectivity index (χ1n) is 7.46. The number of hydrazone groups is 1. The van der Waals surface area contributed by atoms with Crippen molar-refractivity contribution in [1.82, 2.24) is 5.43 Å². The molecule has 0 aromatic heterocycles. The van der Waals surface area contributed by atoms with Gasteiger partial charge < -0.3 is 4.74 Å². The van der Waals surface area contributed by atoms with Crippen LogP contribution in [0.4, 0.5) is 0 Å². The second kappa shape index (κ2) is 8.96. The fourth-order valence-electron chi connectivity index (χ4n) is 1.91.